The number of nitrogens with one attached hydrogen (secondary N) is 1. The number of nitrogens with zero attached hydrogens (tertiary/aromatic N) is 1. The SMILES string of the molecule is COc1ccc(OC[C@@H](O)CNC2CCN(C[C@@H](O)COc3ccc(Cl)cc3Cl)CC2)cc1. The standard InChI is InChI=1S/C24H32Cl2N2O5/c1-31-21-3-5-22(6-4-21)32-15-19(29)13-27-18-8-10-28(11-9-18)14-20(30)16-33-24-7-2-17(25)12-23(24)26/h2-7,12,18-20,27,29-30H,8-11,13-16H2,1H3/t19-,20+/m0/s1. The number of hydrogen-bond acceptors (Lipinski definition) is 7. The zero-order chi connectivity index (χ0) is 23.6. The highest BCUT2D eigenvalue weighted by atomic mass is 35.5. The predicted octanol–water partition coefficient (Wildman–Crippen LogP) is 3.24. The Morgan fingerprint density at radius 1 is 0.970 bits per heavy atom. The number of piperidine rings is 1. The number of benzene rings is 2. The third kappa shape index (κ3) is 8.85. The monoisotopic (exact) mass is 498 g/mol. The fraction of sp³-hybridized carbons (Fsp3) is 0.500. The molecule has 0 unspecified atom stereocenters. The molecule has 0 radical (unpaired) electrons. The average molecular weight is 499 g/mol. The molecule has 1 heterocycles. The van der Waals surface area contributed by atoms with E-state index >= 15 is 0 Å². The van der Waals surface area contributed by atoms with E-state index in [1.54, 1.807) is 25.3 Å². The average Bonchev–Trinajstić information content (AvgIpc) is 2.82. The van der Waals surface area contributed by atoms with Crippen molar-refractivity contribution in [1.82, 2.24) is 10.2 Å². The van der Waals surface area contributed by atoms with Gasteiger partial charge in [0.05, 0.1) is 12.1 Å². The Balaban J connectivity index is 1.28. The van der Waals surface area contributed by atoms with Gasteiger partial charge in [-0.15, -0.1) is 0 Å². The van der Waals surface area contributed by atoms with Crippen LogP contribution in [0.4, 0.5) is 0 Å². The number of aliphatic hydroxyl groups is 2. The van der Waals surface area contributed by atoms with Crippen LogP contribution in [0.1, 0.15) is 12.8 Å². The maximum absolute atomic E-state index is 10.3. The van der Waals surface area contributed by atoms with Crippen molar-refractivity contribution in [1.29, 1.82) is 0 Å². The van der Waals surface area contributed by atoms with E-state index in [1.165, 1.54) is 0 Å². The van der Waals surface area contributed by atoms with Gasteiger partial charge in [0, 0.05) is 24.2 Å². The zero-order valence-electron chi connectivity index (χ0n) is 18.8. The van der Waals surface area contributed by atoms with Crippen LogP contribution in [0.15, 0.2) is 42.5 Å². The number of likely N-dealkylation sites (tertiary alicyclic amines) is 1. The second-order valence-electron chi connectivity index (χ2n) is 8.16. The molecule has 2 atom stereocenters. The van der Waals surface area contributed by atoms with Crippen molar-refractivity contribution in [3.63, 3.8) is 0 Å². The summed E-state index contributed by atoms with van der Waals surface area (Å²) in [6.07, 6.45) is 0.688. The highest BCUT2D eigenvalue weighted by Crippen LogP contribution is 2.27. The Hall–Kier alpha value is -1.74. The molecule has 3 N–H and O–H groups in total. The van der Waals surface area contributed by atoms with Crippen LogP contribution in [0.25, 0.3) is 0 Å². The molecule has 1 aliphatic heterocycles. The Kier molecular flexibility index (Phi) is 10.4. The number of β-amino-alcohol motifs (C(OH)–C–C–N with tert-alkyl or cyclic N) is 1. The van der Waals surface area contributed by atoms with Crippen molar-refractivity contribution in [3.8, 4) is 17.2 Å². The molecule has 1 fully saturated rings. The summed E-state index contributed by atoms with van der Waals surface area (Å²) in [6, 6.07) is 12.6. The minimum atomic E-state index is -0.613. The van der Waals surface area contributed by atoms with Crippen molar-refractivity contribution in [2.45, 2.75) is 31.1 Å². The van der Waals surface area contributed by atoms with Crippen LogP contribution in [0.5, 0.6) is 17.2 Å². The molecule has 7 nitrogen and oxygen atoms in total. The van der Waals surface area contributed by atoms with Crippen molar-refractivity contribution in [3.05, 3.63) is 52.5 Å². The summed E-state index contributed by atoms with van der Waals surface area (Å²) in [5.74, 6) is 1.98. The summed E-state index contributed by atoms with van der Waals surface area (Å²) >= 11 is 12.0. The summed E-state index contributed by atoms with van der Waals surface area (Å²) in [7, 11) is 1.62. The van der Waals surface area contributed by atoms with Crippen molar-refractivity contribution in [2.24, 2.45) is 0 Å². The predicted molar refractivity (Wildman–Crippen MR) is 130 cm³/mol. The van der Waals surface area contributed by atoms with E-state index < -0.39 is 12.2 Å². The van der Waals surface area contributed by atoms with E-state index in [0.717, 1.165) is 31.7 Å². The molecule has 2 aromatic carbocycles. The van der Waals surface area contributed by atoms with Crippen LogP contribution in [0.3, 0.4) is 0 Å². The van der Waals surface area contributed by atoms with Crippen molar-refractivity contribution in [2.75, 3.05) is 46.5 Å². The van der Waals surface area contributed by atoms with Gasteiger partial charge in [0.25, 0.3) is 0 Å². The quantitative estimate of drug-likeness (QED) is 0.414. The molecule has 3 rings (SSSR count). The molecule has 33 heavy (non-hydrogen) atoms. The van der Waals surface area contributed by atoms with Gasteiger partial charge in [-0.2, -0.15) is 0 Å². The highest BCUT2D eigenvalue weighted by molar-refractivity contribution is 6.35. The Bertz CT molecular complexity index is 847. The van der Waals surface area contributed by atoms with Gasteiger partial charge >= 0.3 is 0 Å². The fourth-order valence-corrected chi connectivity index (χ4v) is 4.14. The van der Waals surface area contributed by atoms with Gasteiger partial charge in [-0.05, 0) is 68.4 Å². The van der Waals surface area contributed by atoms with E-state index in [9.17, 15) is 10.2 Å². The van der Waals surface area contributed by atoms with Gasteiger partial charge in [0.1, 0.15) is 42.7 Å². The second-order valence-corrected chi connectivity index (χ2v) is 9.01. The highest BCUT2D eigenvalue weighted by Gasteiger charge is 2.22. The van der Waals surface area contributed by atoms with Gasteiger partial charge in [-0.25, -0.2) is 0 Å². The van der Waals surface area contributed by atoms with E-state index in [4.69, 9.17) is 37.4 Å². The van der Waals surface area contributed by atoms with Crippen molar-refractivity contribution < 1.29 is 24.4 Å². The van der Waals surface area contributed by atoms with E-state index in [2.05, 4.69) is 10.2 Å². The lowest BCUT2D eigenvalue weighted by Crippen LogP contribution is -2.47. The minimum Gasteiger partial charge on any atom is -0.497 e. The minimum absolute atomic E-state index is 0.167. The molecule has 2 aromatic rings. The molecule has 0 aromatic heterocycles. The largest absolute Gasteiger partial charge is 0.497 e. The van der Waals surface area contributed by atoms with E-state index in [1.807, 2.05) is 24.3 Å². The normalized spacial score (nSPS) is 16.9. The van der Waals surface area contributed by atoms with Crippen LogP contribution in [-0.4, -0.2) is 79.9 Å². The molecule has 1 aliphatic rings. The summed E-state index contributed by atoms with van der Waals surface area (Å²) < 4.78 is 16.4. The van der Waals surface area contributed by atoms with Crippen LogP contribution in [0, 0.1) is 0 Å². The molecule has 182 valence electrons. The first-order valence-corrected chi connectivity index (χ1v) is 11.8. The first-order chi connectivity index (χ1) is 15.9. The molecule has 0 amide bonds. The van der Waals surface area contributed by atoms with E-state index in [0.29, 0.717) is 40.7 Å². The number of rotatable bonds is 12. The first kappa shape index (κ1) is 25.9. The zero-order valence-corrected chi connectivity index (χ0v) is 20.3. The van der Waals surface area contributed by atoms with Gasteiger partial charge < -0.3 is 34.6 Å². The van der Waals surface area contributed by atoms with E-state index in [-0.39, 0.29) is 13.2 Å². The third-order valence-electron chi connectivity index (χ3n) is 5.53. The molecular weight excluding hydrogens is 467 g/mol. The molecule has 9 heteroatoms. The Labute approximate surface area is 205 Å². The molecule has 0 spiro atoms. The summed E-state index contributed by atoms with van der Waals surface area (Å²) in [5.41, 5.74) is 0. The number of hydrogen-bond donors (Lipinski definition) is 3. The van der Waals surface area contributed by atoms with Gasteiger partial charge in [0.2, 0.25) is 0 Å². The van der Waals surface area contributed by atoms with Crippen LogP contribution in [0.2, 0.25) is 10.0 Å². The van der Waals surface area contributed by atoms with Gasteiger partial charge in [0.15, 0.2) is 0 Å². The summed E-state index contributed by atoms with van der Waals surface area (Å²) in [6.45, 7) is 3.14. The second kappa shape index (κ2) is 13.2. The molecule has 1 saturated heterocycles. The summed E-state index contributed by atoms with van der Waals surface area (Å²) in [4.78, 5) is 2.22. The van der Waals surface area contributed by atoms with Crippen LogP contribution < -0.4 is 19.5 Å². The molecule has 0 aliphatic carbocycles. The van der Waals surface area contributed by atoms with Crippen LogP contribution in [-0.2, 0) is 0 Å². The third-order valence-corrected chi connectivity index (χ3v) is 6.06. The Morgan fingerprint density at radius 2 is 1.64 bits per heavy atom. The summed E-state index contributed by atoms with van der Waals surface area (Å²) in [5, 5.41) is 24.9. The van der Waals surface area contributed by atoms with Gasteiger partial charge in [-0.3, -0.25) is 0 Å². The maximum atomic E-state index is 10.3. The fourth-order valence-electron chi connectivity index (χ4n) is 3.67. The first-order valence-electron chi connectivity index (χ1n) is 11.1. The Morgan fingerprint density at radius 3 is 2.30 bits per heavy atom. The molecule has 0 bridgehead atoms. The lowest BCUT2D eigenvalue weighted by Gasteiger charge is -2.33. The number of methoxy groups -OCH3 is 1. The number of halogens is 2. The lowest BCUT2D eigenvalue weighted by atomic mass is 10.0. The topological polar surface area (TPSA) is 83.4 Å². The number of aliphatic hydroxyl groups excluding tert-OH is 2. The smallest absolute Gasteiger partial charge is 0.138 e. The van der Waals surface area contributed by atoms with Crippen LogP contribution >= 0.6 is 23.2 Å². The molecular formula is C24H32Cl2N2O5. The lowest BCUT2D eigenvalue weighted by molar-refractivity contribution is 0.0556. The van der Waals surface area contributed by atoms with Crippen molar-refractivity contribution >= 4 is 23.2 Å². The number of ether oxygens (including phenoxy) is 3. The maximum Gasteiger partial charge on any atom is 0.138 e. The van der Waals surface area contributed by atoms with Gasteiger partial charge in [-0.1, -0.05) is 23.2 Å². The molecule has 0 saturated carbocycles.